The van der Waals surface area contributed by atoms with Crippen LogP contribution in [0.15, 0.2) is 12.1 Å². The lowest BCUT2D eigenvalue weighted by Crippen LogP contribution is -2.45. The Morgan fingerprint density at radius 1 is 1.34 bits per heavy atom. The normalized spacial score (nSPS) is 20.9. The molecule has 3 rings (SSSR count). The number of fused-ring (bicyclic) bond motifs is 1. The van der Waals surface area contributed by atoms with Gasteiger partial charge in [-0.25, -0.2) is 0 Å². The highest BCUT2D eigenvalue weighted by atomic mass is 16.5. The van der Waals surface area contributed by atoms with E-state index in [2.05, 4.69) is 24.1 Å². The summed E-state index contributed by atoms with van der Waals surface area (Å²) >= 11 is 0. The van der Waals surface area contributed by atoms with Crippen LogP contribution in [0.25, 0.3) is 0 Å². The number of likely N-dealkylation sites (tertiary alicyclic amines) is 1. The monoisotopic (exact) mass is 446 g/mol. The molecular weight excluding hydrogens is 412 g/mol. The Morgan fingerprint density at radius 3 is 2.62 bits per heavy atom. The fourth-order valence-corrected chi connectivity index (χ4v) is 4.23. The molecule has 0 spiro atoms. The van der Waals surface area contributed by atoms with Crippen LogP contribution < -0.4 is 15.2 Å². The fourth-order valence-electron chi connectivity index (χ4n) is 4.23. The van der Waals surface area contributed by atoms with Crippen molar-refractivity contribution in [1.29, 1.82) is 5.26 Å². The van der Waals surface area contributed by atoms with E-state index in [1.807, 2.05) is 6.07 Å². The van der Waals surface area contributed by atoms with E-state index in [0.29, 0.717) is 19.3 Å². The molecule has 0 aliphatic carbocycles. The predicted octanol–water partition coefficient (Wildman–Crippen LogP) is 1.03. The van der Waals surface area contributed by atoms with Crippen LogP contribution in [0.4, 0.5) is 0 Å². The van der Waals surface area contributed by atoms with Crippen LogP contribution in [0.3, 0.4) is 0 Å². The quantitative estimate of drug-likeness (QED) is 0.594. The summed E-state index contributed by atoms with van der Waals surface area (Å²) in [4.78, 5) is 25.5. The van der Waals surface area contributed by atoms with Gasteiger partial charge >= 0.3 is 0 Å². The Balaban J connectivity index is 0.000000235. The maximum absolute atomic E-state index is 11.6. The molecule has 2 aliphatic heterocycles. The van der Waals surface area contributed by atoms with Crippen LogP contribution in [0, 0.1) is 11.3 Å². The van der Waals surface area contributed by atoms with Gasteiger partial charge in [-0.15, -0.1) is 0 Å². The highest BCUT2D eigenvalue weighted by Crippen LogP contribution is 2.38. The lowest BCUT2D eigenvalue weighted by molar-refractivity contribution is -0.133. The number of amides is 1. The van der Waals surface area contributed by atoms with E-state index >= 15 is 0 Å². The number of carbonyl (C=O) groups excluding carboxylic acids is 2. The summed E-state index contributed by atoms with van der Waals surface area (Å²) in [6.45, 7) is 1.78. The topological polar surface area (TPSA) is 129 Å². The van der Waals surface area contributed by atoms with Crippen molar-refractivity contribution in [1.82, 2.24) is 9.80 Å². The number of nitriles is 1. The minimum absolute atomic E-state index is 0.0213. The maximum atomic E-state index is 11.6. The average Bonchev–Trinajstić information content (AvgIpc) is 3.29. The zero-order chi connectivity index (χ0) is 23.7. The predicted molar refractivity (Wildman–Crippen MR) is 119 cm³/mol. The third-order valence-electron chi connectivity index (χ3n) is 6.03. The lowest BCUT2D eigenvalue weighted by atomic mass is 9.90. The molecule has 0 bridgehead atoms. The number of aliphatic hydroxyl groups is 1. The number of likely N-dealkylation sites (N-methyl/N-ethyl adjacent to an activating group) is 1. The minimum Gasteiger partial charge on any atom is -0.493 e. The number of hydrogen-bond acceptors (Lipinski definition) is 8. The van der Waals surface area contributed by atoms with E-state index in [1.165, 1.54) is 16.0 Å². The van der Waals surface area contributed by atoms with Crippen LogP contribution >= 0.6 is 0 Å². The molecule has 3 atom stereocenters. The summed E-state index contributed by atoms with van der Waals surface area (Å²) in [6.07, 6.45) is 3.94. The first-order valence-corrected chi connectivity index (χ1v) is 10.9. The smallest absolute Gasteiger partial charge is 0.241 e. The average molecular weight is 447 g/mol. The van der Waals surface area contributed by atoms with E-state index in [1.54, 1.807) is 14.2 Å². The van der Waals surface area contributed by atoms with Gasteiger partial charge in [0.25, 0.3) is 0 Å². The van der Waals surface area contributed by atoms with Gasteiger partial charge in [0.15, 0.2) is 11.5 Å². The van der Waals surface area contributed by atoms with Crippen LogP contribution in [-0.4, -0.2) is 80.1 Å². The minimum atomic E-state index is -0.790. The number of methoxy groups -OCH3 is 2. The first-order chi connectivity index (χ1) is 15.4. The van der Waals surface area contributed by atoms with Gasteiger partial charge in [-0.2, -0.15) is 5.26 Å². The Hall–Kier alpha value is -2.67. The summed E-state index contributed by atoms with van der Waals surface area (Å²) in [5.41, 5.74) is 8.03. The number of ether oxygens (including phenoxy) is 2. The molecule has 9 heteroatoms. The first kappa shape index (κ1) is 25.6. The number of nitrogens with zero attached hydrogens (tertiary/aromatic N) is 3. The van der Waals surface area contributed by atoms with E-state index in [0.717, 1.165) is 37.3 Å². The highest BCUT2D eigenvalue weighted by Gasteiger charge is 2.31. The van der Waals surface area contributed by atoms with E-state index < -0.39 is 6.04 Å². The Morgan fingerprint density at radius 2 is 2.03 bits per heavy atom. The van der Waals surface area contributed by atoms with Crippen molar-refractivity contribution < 1.29 is 24.2 Å². The van der Waals surface area contributed by atoms with Crippen LogP contribution in [0.1, 0.15) is 42.9 Å². The van der Waals surface area contributed by atoms with Crippen molar-refractivity contribution in [3.8, 4) is 17.6 Å². The van der Waals surface area contributed by atoms with Gasteiger partial charge in [-0.1, -0.05) is 0 Å². The number of benzene rings is 1. The van der Waals surface area contributed by atoms with Crippen molar-refractivity contribution in [2.75, 3.05) is 41.0 Å². The summed E-state index contributed by atoms with van der Waals surface area (Å²) in [5, 5.41) is 17.9. The second kappa shape index (κ2) is 12.4. The van der Waals surface area contributed by atoms with E-state index in [4.69, 9.17) is 20.5 Å². The fraction of sp³-hybridized carbons (Fsp3) is 0.609. The molecule has 0 aromatic heterocycles. The van der Waals surface area contributed by atoms with Gasteiger partial charge in [0, 0.05) is 32.2 Å². The summed E-state index contributed by atoms with van der Waals surface area (Å²) in [7, 11) is 5.40. The molecule has 1 aromatic rings. The third-order valence-corrected chi connectivity index (χ3v) is 6.03. The Labute approximate surface area is 189 Å². The standard InChI is InChI=1S/C14H21NO3.C9H13N3O2/c1-15-6-4-10-8-13(17-2)14(18-3)9-11(10)12(15)5-7-16;10-6-7-2-1-4-12(7)9(14)8(11)3-5-13/h8-9,12,16H,4-7H2,1-3H3;5,7-8H,1-4,11H2. The number of nitrogens with two attached hydrogens (primary N) is 1. The second-order valence-electron chi connectivity index (χ2n) is 7.99. The first-order valence-electron chi connectivity index (χ1n) is 10.9. The molecular formula is C23H34N4O5. The van der Waals surface area contributed by atoms with Crippen molar-refractivity contribution >= 4 is 12.2 Å². The molecule has 0 radical (unpaired) electrons. The number of aliphatic hydroxyl groups excluding tert-OH is 1. The molecule has 32 heavy (non-hydrogen) atoms. The molecule has 1 amide bonds. The molecule has 3 unspecified atom stereocenters. The highest BCUT2D eigenvalue weighted by molar-refractivity contribution is 5.84. The lowest BCUT2D eigenvalue weighted by Gasteiger charge is -2.34. The third kappa shape index (κ3) is 5.97. The number of carbonyl (C=O) groups is 2. The zero-order valence-electron chi connectivity index (χ0n) is 19.1. The molecule has 0 saturated carbocycles. The van der Waals surface area contributed by atoms with Crippen molar-refractivity contribution in [3.63, 3.8) is 0 Å². The molecule has 1 saturated heterocycles. The molecule has 9 nitrogen and oxygen atoms in total. The number of rotatable bonds is 7. The van der Waals surface area contributed by atoms with Gasteiger partial charge in [0.1, 0.15) is 12.3 Å². The van der Waals surface area contributed by atoms with Gasteiger partial charge in [-0.3, -0.25) is 9.69 Å². The summed E-state index contributed by atoms with van der Waals surface area (Å²) < 4.78 is 10.7. The molecule has 176 valence electrons. The van der Waals surface area contributed by atoms with Gasteiger partial charge in [0.2, 0.25) is 5.91 Å². The Bertz CT molecular complexity index is 825. The van der Waals surface area contributed by atoms with Crippen LogP contribution in [0.5, 0.6) is 11.5 Å². The maximum Gasteiger partial charge on any atom is 0.241 e. The van der Waals surface area contributed by atoms with Crippen molar-refractivity contribution in [2.24, 2.45) is 5.73 Å². The molecule has 1 fully saturated rings. The van der Waals surface area contributed by atoms with Crippen molar-refractivity contribution in [2.45, 2.75) is 50.2 Å². The Kier molecular flexibility index (Phi) is 9.91. The van der Waals surface area contributed by atoms with E-state index in [-0.39, 0.29) is 31.0 Å². The number of aldehydes is 1. The summed E-state index contributed by atoms with van der Waals surface area (Å²) in [6, 6.07) is 5.27. The number of hydrogen-bond donors (Lipinski definition) is 2. The molecule has 2 aliphatic rings. The van der Waals surface area contributed by atoms with Crippen molar-refractivity contribution in [3.05, 3.63) is 23.3 Å². The summed E-state index contributed by atoms with van der Waals surface area (Å²) in [5.74, 6) is 1.25. The van der Waals surface area contributed by atoms with Crippen LogP contribution in [-0.2, 0) is 16.0 Å². The van der Waals surface area contributed by atoms with Crippen LogP contribution in [0.2, 0.25) is 0 Å². The molecule has 1 aromatic carbocycles. The van der Waals surface area contributed by atoms with Gasteiger partial charge in [-0.05, 0) is 56.0 Å². The molecule has 2 heterocycles. The van der Waals surface area contributed by atoms with Gasteiger partial charge < -0.3 is 30.0 Å². The second-order valence-corrected chi connectivity index (χ2v) is 7.99. The van der Waals surface area contributed by atoms with Gasteiger partial charge in [0.05, 0.1) is 26.3 Å². The molecule has 3 N–H and O–H groups in total. The van der Waals surface area contributed by atoms with E-state index in [9.17, 15) is 14.7 Å². The largest absolute Gasteiger partial charge is 0.493 e. The SMILES string of the molecule is COc1cc2c(cc1OC)C(CCO)N(C)CC2.N#CC1CCCN1C(=O)C(N)CC=O. The zero-order valence-corrected chi connectivity index (χ0v) is 19.1.